The lowest BCUT2D eigenvalue weighted by molar-refractivity contribution is 0.0780. The van der Waals surface area contributed by atoms with Crippen LogP contribution < -0.4 is 5.32 Å². The van der Waals surface area contributed by atoms with Crippen LogP contribution in [0.1, 0.15) is 66.2 Å². The van der Waals surface area contributed by atoms with Crippen molar-refractivity contribution >= 4 is 0 Å². The molecule has 3 fully saturated rings. The van der Waals surface area contributed by atoms with Gasteiger partial charge in [-0.05, 0) is 68.2 Å². The first-order valence-corrected chi connectivity index (χ1v) is 9.44. The second-order valence-corrected chi connectivity index (χ2v) is 9.09. The topological polar surface area (TPSA) is 15.3 Å². The Kier molecular flexibility index (Phi) is 4.66. The van der Waals surface area contributed by atoms with Gasteiger partial charge < -0.3 is 5.32 Å². The Balaban J connectivity index is 1.63. The third-order valence-corrected chi connectivity index (χ3v) is 6.67. The molecule has 0 spiro atoms. The summed E-state index contributed by atoms with van der Waals surface area (Å²) < 4.78 is 0. The summed E-state index contributed by atoms with van der Waals surface area (Å²) in [4.78, 5) is 2.86. The van der Waals surface area contributed by atoms with E-state index in [4.69, 9.17) is 0 Å². The minimum atomic E-state index is 0.486. The van der Waals surface area contributed by atoms with Crippen molar-refractivity contribution in [1.29, 1.82) is 0 Å². The largest absolute Gasteiger partial charge is 0.314 e. The van der Waals surface area contributed by atoms with Crippen molar-refractivity contribution in [3.8, 4) is 0 Å². The van der Waals surface area contributed by atoms with Gasteiger partial charge in [-0.15, -0.1) is 0 Å². The highest BCUT2D eigenvalue weighted by molar-refractivity contribution is 4.96. The zero-order valence-corrected chi connectivity index (χ0v) is 14.7. The molecule has 0 aromatic carbocycles. The average molecular weight is 293 g/mol. The van der Waals surface area contributed by atoms with Crippen molar-refractivity contribution in [2.24, 2.45) is 23.2 Å². The predicted octanol–water partition coefficient (Wildman–Crippen LogP) is 3.91. The first-order chi connectivity index (χ1) is 9.97. The first-order valence-electron chi connectivity index (χ1n) is 9.44. The molecule has 0 amide bonds. The van der Waals surface area contributed by atoms with E-state index in [0.29, 0.717) is 5.41 Å². The van der Waals surface area contributed by atoms with Gasteiger partial charge in [-0.1, -0.05) is 27.7 Å². The molecule has 2 bridgehead atoms. The summed E-state index contributed by atoms with van der Waals surface area (Å²) in [6, 6.07) is 1.71. The smallest absolute Gasteiger partial charge is 0.0108 e. The minimum absolute atomic E-state index is 0.486. The molecule has 3 rings (SSSR count). The molecule has 1 saturated heterocycles. The molecule has 0 radical (unpaired) electrons. The molecule has 122 valence electrons. The molecule has 2 heteroatoms. The number of rotatable bonds is 4. The number of fused-ring (bicyclic) bond motifs is 2. The molecule has 0 aromatic heterocycles. The summed E-state index contributed by atoms with van der Waals surface area (Å²) in [6.07, 6.45) is 8.74. The summed E-state index contributed by atoms with van der Waals surface area (Å²) in [5, 5.41) is 3.80. The van der Waals surface area contributed by atoms with Gasteiger partial charge in [0.15, 0.2) is 0 Å². The Labute approximate surface area is 132 Å². The summed E-state index contributed by atoms with van der Waals surface area (Å²) in [7, 11) is 0. The highest BCUT2D eigenvalue weighted by Crippen LogP contribution is 2.43. The van der Waals surface area contributed by atoms with Gasteiger partial charge in [0.25, 0.3) is 0 Å². The van der Waals surface area contributed by atoms with Crippen LogP contribution in [0.5, 0.6) is 0 Å². The van der Waals surface area contributed by atoms with E-state index in [2.05, 4.69) is 37.9 Å². The van der Waals surface area contributed by atoms with Crippen molar-refractivity contribution in [2.45, 2.75) is 78.3 Å². The SMILES string of the molecule is CCNC1CCC(C(C)(C)C)CC1CN1CC2CCC1C2. The number of hydrogen-bond donors (Lipinski definition) is 1. The molecule has 0 aromatic rings. The average Bonchev–Trinajstić information content (AvgIpc) is 3.02. The van der Waals surface area contributed by atoms with E-state index in [1.807, 2.05) is 0 Å². The monoisotopic (exact) mass is 292 g/mol. The molecule has 3 aliphatic rings. The quantitative estimate of drug-likeness (QED) is 0.845. The van der Waals surface area contributed by atoms with Crippen LogP contribution >= 0.6 is 0 Å². The zero-order chi connectivity index (χ0) is 15.0. The van der Waals surface area contributed by atoms with E-state index < -0.39 is 0 Å². The molecule has 1 heterocycles. The number of piperidine rings is 1. The van der Waals surface area contributed by atoms with Gasteiger partial charge in [0.2, 0.25) is 0 Å². The minimum Gasteiger partial charge on any atom is -0.314 e. The lowest BCUT2D eigenvalue weighted by atomic mass is 9.67. The van der Waals surface area contributed by atoms with Crippen LogP contribution in [-0.4, -0.2) is 36.6 Å². The zero-order valence-electron chi connectivity index (χ0n) is 14.7. The van der Waals surface area contributed by atoms with Crippen LogP contribution in [0.3, 0.4) is 0 Å². The second kappa shape index (κ2) is 6.20. The van der Waals surface area contributed by atoms with Gasteiger partial charge in [-0.2, -0.15) is 0 Å². The molecule has 1 N–H and O–H groups in total. The maximum absolute atomic E-state index is 3.80. The lowest BCUT2D eigenvalue weighted by Crippen LogP contribution is -2.48. The van der Waals surface area contributed by atoms with Crippen molar-refractivity contribution in [2.75, 3.05) is 19.6 Å². The van der Waals surface area contributed by atoms with Crippen LogP contribution in [0, 0.1) is 23.2 Å². The van der Waals surface area contributed by atoms with Gasteiger partial charge in [-0.25, -0.2) is 0 Å². The van der Waals surface area contributed by atoms with E-state index in [1.165, 1.54) is 51.6 Å². The summed E-state index contributed by atoms with van der Waals surface area (Å²) in [5.41, 5.74) is 0.486. The fourth-order valence-corrected chi connectivity index (χ4v) is 5.33. The van der Waals surface area contributed by atoms with Crippen molar-refractivity contribution in [1.82, 2.24) is 10.2 Å². The number of likely N-dealkylation sites (tertiary alicyclic amines) is 1. The summed E-state index contributed by atoms with van der Waals surface area (Å²) in [5.74, 6) is 2.83. The number of nitrogens with zero attached hydrogens (tertiary/aromatic N) is 1. The Bertz CT molecular complexity index is 346. The highest BCUT2D eigenvalue weighted by Gasteiger charge is 2.41. The van der Waals surface area contributed by atoms with Gasteiger partial charge in [-0.3, -0.25) is 4.90 Å². The van der Waals surface area contributed by atoms with E-state index in [-0.39, 0.29) is 0 Å². The fraction of sp³-hybridized carbons (Fsp3) is 1.00. The normalized spacial score (nSPS) is 40.9. The van der Waals surface area contributed by atoms with Crippen molar-refractivity contribution in [3.05, 3.63) is 0 Å². The Morgan fingerprint density at radius 3 is 2.43 bits per heavy atom. The molecule has 5 atom stereocenters. The molecule has 1 aliphatic heterocycles. The lowest BCUT2D eigenvalue weighted by Gasteiger charge is -2.44. The van der Waals surface area contributed by atoms with Crippen LogP contribution in [0.4, 0.5) is 0 Å². The third kappa shape index (κ3) is 3.47. The van der Waals surface area contributed by atoms with Gasteiger partial charge in [0, 0.05) is 25.2 Å². The van der Waals surface area contributed by atoms with E-state index in [1.54, 1.807) is 0 Å². The fourth-order valence-electron chi connectivity index (χ4n) is 5.33. The Hall–Kier alpha value is -0.0800. The van der Waals surface area contributed by atoms with Crippen LogP contribution in [0.25, 0.3) is 0 Å². The Morgan fingerprint density at radius 2 is 1.86 bits per heavy atom. The van der Waals surface area contributed by atoms with Crippen molar-refractivity contribution < 1.29 is 0 Å². The van der Waals surface area contributed by atoms with Gasteiger partial charge in [0.1, 0.15) is 0 Å². The maximum atomic E-state index is 3.80. The number of hydrogen-bond acceptors (Lipinski definition) is 2. The molecular weight excluding hydrogens is 256 g/mol. The standard InChI is InChI=1S/C19H36N2/c1-5-20-18-9-7-16(19(2,3)4)11-15(18)13-21-12-14-6-8-17(21)10-14/h14-18,20H,5-13H2,1-4H3. The molecule has 2 saturated carbocycles. The van der Waals surface area contributed by atoms with E-state index >= 15 is 0 Å². The van der Waals surface area contributed by atoms with Gasteiger partial charge >= 0.3 is 0 Å². The van der Waals surface area contributed by atoms with Crippen molar-refractivity contribution in [3.63, 3.8) is 0 Å². The highest BCUT2D eigenvalue weighted by atomic mass is 15.2. The maximum Gasteiger partial charge on any atom is 0.0108 e. The molecular formula is C19H36N2. The predicted molar refractivity (Wildman–Crippen MR) is 90.5 cm³/mol. The molecule has 2 nitrogen and oxygen atoms in total. The van der Waals surface area contributed by atoms with Crippen LogP contribution in [-0.2, 0) is 0 Å². The molecule has 5 unspecified atom stereocenters. The van der Waals surface area contributed by atoms with Gasteiger partial charge in [0.05, 0.1) is 0 Å². The molecule has 2 aliphatic carbocycles. The molecule has 21 heavy (non-hydrogen) atoms. The van der Waals surface area contributed by atoms with E-state index in [9.17, 15) is 0 Å². The summed E-state index contributed by atoms with van der Waals surface area (Å²) in [6.45, 7) is 13.5. The van der Waals surface area contributed by atoms with E-state index in [0.717, 1.165) is 36.4 Å². The third-order valence-electron chi connectivity index (χ3n) is 6.67. The Morgan fingerprint density at radius 1 is 1.05 bits per heavy atom. The first kappa shape index (κ1) is 15.8. The van der Waals surface area contributed by atoms with Crippen LogP contribution in [0.2, 0.25) is 0 Å². The second-order valence-electron chi connectivity index (χ2n) is 9.09. The number of nitrogens with one attached hydrogen (secondary N) is 1. The summed E-state index contributed by atoms with van der Waals surface area (Å²) >= 11 is 0. The van der Waals surface area contributed by atoms with Crippen LogP contribution in [0.15, 0.2) is 0 Å².